The number of rotatable bonds is 6. The quantitative estimate of drug-likeness (QED) is 0.828. The normalized spacial score (nSPS) is 13.0. The van der Waals surface area contributed by atoms with E-state index >= 15 is 0 Å². The molecule has 2 amide bonds. The van der Waals surface area contributed by atoms with Crippen LogP contribution in [0.25, 0.3) is 0 Å². The number of amides is 2. The predicted molar refractivity (Wildman–Crippen MR) is 97.2 cm³/mol. The Labute approximate surface area is 147 Å². The highest BCUT2D eigenvalue weighted by atomic mass is 35.5. The Morgan fingerprint density at radius 1 is 1.08 bits per heavy atom. The molecule has 2 aromatic carbocycles. The summed E-state index contributed by atoms with van der Waals surface area (Å²) in [6.45, 7) is 3.92. The first-order valence-corrected chi connectivity index (χ1v) is 8.31. The molecule has 0 radical (unpaired) electrons. The van der Waals surface area contributed by atoms with Gasteiger partial charge in [0.1, 0.15) is 6.04 Å². The zero-order valence-corrected chi connectivity index (χ0v) is 14.5. The average Bonchev–Trinajstić information content (AvgIpc) is 2.59. The van der Waals surface area contributed by atoms with E-state index < -0.39 is 6.04 Å². The van der Waals surface area contributed by atoms with Crippen LogP contribution in [0.15, 0.2) is 54.6 Å². The van der Waals surface area contributed by atoms with E-state index in [9.17, 15) is 9.59 Å². The van der Waals surface area contributed by atoms with Crippen LogP contribution in [0.5, 0.6) is 0 Å². The molecule has 2 rings (SSSR count). The smallest absolute Gasteiger partial charge is 0.251 e. The fourth-order valence-electron chi connectivity index (χ4n) is 2.30. The lowest BCUT2D eigenvalue weighted by Gasteiger charge is -2.23. The molecule has 24 heavy (non-hydrogen) atoms. The first kappa shape index (κ1) is 18.0. The van der Waals surface area contributed by atoms with E-state index in [0.717, 1.165) is 6.42 Å². The van der Waals surface area contributed by atoms with E-state index in [0.29, 0.717) is 16.3 Å². The van der Waals surface area contributed by atoms with Crippen LogP contribution in [0.1, 0.15) is 30.6 Å². The molecular weight excluding hydrogens is 324 g/mol. The van der Waals surface area contributed by atoms with E-state index in [2.05, 4.69) is 10.6 Å². The summed E-state index contributed by atoms with van der Waals surface area (Å²) < 4.78 is 0. The number of carbonyl (C=O) groups excluding carboxylic acids is 2. The molecule has 126 valence electrons. The maximum atomic E-state index is 12.6. The first-order chi connectivity index (χ1) is 11.5. The molecule has 4 nitrogen and oxygen atoms in total. The Morgan fingerprint density at radius 2 is 1.79 bits per heavy atom. The lowest BCUT2D eigenvalue weighted by atomic mass is 9.97. The summed E-state index contributed by atoms with van der Waals surface area (Å²) in [7, 11) is 0. The van der Waals surface area contributed by atoms with Gasteiger partial charge in [-0.25, -0.2) is 0 Å². The van der Waals surface area contributed by atoms with E-state index in [-0.39, 0.29) is 17.7 Å². The molecular formula is C19H21ClN2O2. The second-order valence-electron chi connectivity index (χ2n) is 5.70. The molecule has 0 fully saturated rings. The molecule has 0 spiro atoms. The minimum atomic E-state index is -0.623. The van der Waals surface area contributed by atoms with Crippen molar-refractivity contribution >= 4 is 29.1 Å². The molecule has 0 bridgehead atoms. The Kier molecular flexibility index (Phi) is 6.38. The monoisotopic (exact) mass is 344 g/mol. The van der Waals surface area contributed by atoms with Crippen LogP contribution in [0.2, 0.25) is 5.02 Å². The van der Waals surface area contributed by atoms with Gasteiger partial charge in [-0.2, -0.15) is 0 Å². The largest absolute Gasteiger partial charge is 0.340 e. The summed E-state index contributed by atoms with van der Waals surface area (Å²) >= 11 is 5.94. The van der Waals surface area contributed by atoms with Crippen LogP contribution in [-0.4, -0.2) is 17.9 Å². The fraction of sp³-hybridized carbons (Fsp3) is 0.263. The number of hydrogen-bond donors (Lipinski definition) is 2. The number of anilines is 1. The van der Waals surface area contributed by atoms with Crippen LogP contribution in [0.4, 0.5) is 5.69 Å². The van der Waals surface area contributed by atoms with Crippen molar-refractivity contribution in [3.8, 4) is 0 Å². The Bertz CT molecular complexity index is 704. The van der Waals surface area contributed by atoms with Crippen molar-refractivity contribution in [3.05, 3.63) is 65.2 Å². The molecule has 2 N–H and O–H groups in total. The molecule has 0 saturated heterocycles. The summed E-state index contributed by atoms with van der Waals surface area (Å²) in [5, 5.41) is 6.19. The van der Waals surface area contributed by atoms with Crippen molar-refractivity contribution in [2.75, 3.05) is 5.32 Å². The highest BCUT2D eigenvalue weighted by Crippen LogP contribution is 2.17. The molecule has 0 aliphatic carbocycles. The van der Waals surface area contributed by atoms with Gasteiger partial charge in [0, 0.05) is 16.3 Å². The Morgan fingerprint density at radius 3 is 2.42 bits per heavy atom. The standard InChI is InChI=1S/C19H21ClN2O2/c1-3-13(2)17(22-18(23)14-8-5-4-6-9-14)19(24)21-16-11-7-10-15(20)12-16/h4-13,17H,3H2,1-2H3,(H,21,24)(H,22,23). The summed E-state index contributed by atoms with van der Waals surface area (Å²) in [6.07, 6.45) is 0.767. The Hall–Kier alpha value is -2.33. The number of halogens is 1. The number of nitrogens with one attached hydrogen (secondary N) is 2. The average molecular weight is 345 g/mol. The summed E-state index contributed by atoms with van der Waals surface area (Å²) in [6, 6.07) is 15.2. The molecule has 2 unspecified atom stereocenters. The van der Waals surface area contributed by atoms with Gasteiger partial charge < -0.3 is 10.6 Å². The molecule has 2 atom stereocenters. The van der Waals surface area contributed by atoms with Crippen molar-refractivity contribution in [3.63, 3.8) is 0 Å². The van der Waals surface area contributed by atoms with Crippen LogP contribution >= 0.6 is 11.6 Å². The number of benzene rings is 2. The highest BCUT2D eigenvalue weighted by Gasteiger charge is 2.26. The minimum absolute atomic E-state index is 0.00292. The van der Waals surface area contributed by atoms with Crippen molar-refractivity contribution < 1.29 is 9.59 Å². The first-order valence-electron chi connectivity index (χ1n) is 7.93. The summed E-state index contributed by atoms with van der Waals surface area (Å²) in [5.41, 5.74) is 1.14. The Balaban J connectivity index is 2.12. The van der Waals surface area contributed by atoms with Gasteiger partial charge in [0.25, 0.3) is 5.91 Å². The van der Waals surface area contributed by atoms with Gasteiger partial charge in [0.05, 0.1) is 0 Å². The van der Waals surface area contributed by atoms with Crippen LogP contribution in [0, 0.1) is 5.92 Å². The lowest BCUT2D eigenvalue weighted by Crippen LogP contribution is -2.47. The van der Waals surface area contributed by atoms with E-state index in [1.54, 1.807) is 48.5 Å². The minimum Gasteiger partial charge on any atom is -0.340 e. The third-order valence-corrected chi connectivity index (χ3v) is 4.15. The SMILES string of the molecule is CCC(C)C(NC(=O)c1ccccc1)C(=O)Nc1cccc(Cl)c1. The third-order valence-electron chi connectivity index (χ3n) is 3.91. The van der Waals surface area contributed by atoms with E-state index in [1.165, 1.54) is 0 Å². The molecule has 0 aliphatic heterocycles. The van der Waals surface area contributed by atoms with Gasteiger partial charge in [-0.1, -0.05) is 56.1 Å². The predicted octanol–water partition coefficient (Wildman–Crippen LogP) is 4.12. The second-order valence-corrected chi connectivity index (χ2v) is 6.14. The molecule has 0 heterocycles. The van der Waals surface area contributed by atoms with Gasteiger partial charge in [-0.15, -0.1) is 0 Å². The van der Waals surface area contributed by atoms with Crippen molar-refractivity contribution in [1.29, 1.82) is 0 Å². The zero-order chi connectivity index (χ0) is 17.5. The summed E-state index contributed by atoms with van der Waals surface area (Å²) in [4.78, 5) is 25.0. The topological polar surface area (TPSA) is 58.2 Å². The maximum Gasteiger partial charge on any atom is 0.251 e. The fourth-order valence-corrected chi connectivity index (χ4v) is 2.49. The summed E-state index contributed by atoms with van der Waals surface area (Å²) in [5.74, 6) is -0.519. The highest BCUT2D eigenvalue weighted by molar-refractivity contribution is 6.30. The van der Waals surface area contributed by atoms with Crippen molar-refractivity contribution in [2.24, 2.45) is 5.92 Å². The molecule has 0 aromatic heterocycles. The van der Waals surface area contributed by atoms with Crippen LogP contribution < -0.4 is 10.6 Å². The second kappa shape index (κ2) is 8.50. The van der Waals surface area contributed by atoms with Crippen LogP contribution in [-0.2, 0) is 4.79 Å². The van der Waals surface area contributed by atoms with Gasteiger partial charge >= 0.3 is 0 Å². The van der Waals surface area contributed by atoms with Gasteiger partial charge in [-0.05, 0) is 36.2 Å². The van der Waals surface area contributed by atoms with E-state index in [1.807, 2.05) is 19.9 Å². The number of carbonyl (C=O) groups is 2. The lowest BCUT2D eigenvalue weighted by molar-refractivity contribution is -0.119. The zero-order valence-electron chi connectivity index (χ0n) is 13.8. The molecule has 0 aliphatic rings. The van der Waals surface area contributed by atoms with Crippen LogP contribution in [0.3, 0.4) is 0 Å². The van der Waals surface area contributed by atoms with Gasteiger partial charge in [0.15, 0.2) is 0 Å². The van der Waals surface area contributed by atoms with Gasteiger partial charge in [0.2, 0.25) is 5.91 Å². The number of hydrogen-bond acceptors (Lipinski definition) is 2. The van der Waals surface area contributed by atoms with Crippen molar-refractivity contribution in [1.82, 2.24) is 5.32 Å². The van der Waals surface area contributed by atoms with E-state index in [4.69, 9.17) is 11.6 Å². The maximum absolute atomic E-state index is 12.6. The molecule has 0 saturated carbocycles. The molecule has 2 aromatic rings. The third kappa shape index (κ3) is 4.83. The van der Waals surface area contributed by atoms with Gasteiger partial charge in [-0.3, -0.25) is 9.59 Å². The molecule has 5 heteroatoms. The van der Waals surface area contributed by atoms with Crippen molar-refractivity contribution in [2.45, 2.75) is 26.3 Å².